The third-order valence-corrected chi connectivity index (χ3v) is 4.29. The maximum absolute atomic E-state index is 12.3. The van der Waals surface area contributed by atoms with Crippen molar-refractivity contribution in [3.05, 3.63) is 30.6 Å². The highest BCUT2D eigenvalue weighted by Gasteiger charge is 2.24. The van der Waals surface area contributed by atoms with Crippen molar-refractivity contribution in [1.82, 2.24) is 9.29 Å². The van der Waals surface area contributed by atoms with Gasteiger partial charge in [-0.2, -0.15) is 4.31 Å². The molecular formula is C11H19N3O3S. The average Bonchev–Trinajstić information content (AvgIpc) is 2.83. The van der Waals surface area contributed by atoms with Crippen LogP contribution in [0.2, 0.25) is 0 Å². The van der Waals surface area contributed by atoms with Gasteiger partial charge in [0.15, 0.2) is 0 Å². The van der Waals surface area contributed by atoms with Gasteiger partial charge in [-0.3, -0.25) is 0 Å². The van der Waals surface area contributed by atoms with Crippen molar-refractivity contribution in [2.75, 3.05) is 26.8 Å². The van der Waals surface area contributed by atoms with E-state index in [2.05, 4.69) is 11.6 Å². The quantitative estimate of drug-likeness (QED) is 0.667. The zero-order valence-corrected chi connectivity index (χ0v) is 11.2. The minimum atomic E-state index is -3.53. The normalized spacial score (nSPS) is 11.9. The second kappa shape index (κ2) is 6.69. The predicted molar refractivity (Wildman–Crippen MR) is 69.5 cm³/mol. The number of ether oxygens (including phenoxy) is 1. The van der Waals surface area contributed by atoms with Crippen LogP contribution in [0.4, 0.5) is 0 Å². The number of nitrogens with zero attached hydrogens (tertiary/aromatic N) is 1. The first kappa shape index (κ1) is 14.9. The van der Waals surface area contributed by atoms with Gasteiger partial charge in [0.1, 0.15) is 0 Å². The van der Waals surface area contributed by atoms with Gasteiger partial charge < -0.3 is 15.5 Å². The molecule has 0 unspecified atom stereocenters. The van der Waals surface area contributed by atoms with E-state index in [0.717, 1.165) is 0 Å². The largest absolute Gasteiger partial charge is 0.383 e. The first-order valence-corrected chi connectivity index (χ1v) is 6.97. The number of methoxy groups -OCH3 is 1. The number of sulfonamides is 1. The van der Waals surface area contributed by atoms with Crippen LogP contribution in [0.5, 0.6) is 0 Å². The van der Waals surface area contributed by atoms with E-state index in [-0.39, 0.29) is 24.5 Å². The smallest absolute Gasteiger partial charge is 0.244 e. The van der Waals surface area contributed by atoms with Gasteiger partial charge in [0, 0.05) is 38.6 Å². The number of aromatic nitrogens is 1. The number of H-pyrrole nitrogens is 1. The third kappa shape index (κ3) is 3.42. The van der Waals surface area contributed by atoms with Crippen LogP contribution in [0.3, 0.4) is 0 Å². The summed E-state index contributed by atoms with van der Waals surface area (Å²) in [6.07, 6.45) is 2.99. The predicted octanol–water partition coefficient (Wildman–Crippen LogP) is 0.297. The van der Waals surface area contributed by atoms with Crippen molar-refractivity contribution in [3.63, 3.8) is 0 Å². The Hall–Kier alpha value is -1.15. The van der Waals surface area contributed by atoms with Gasteiger partial charge in [-0.1, -0.05) is 6.08 Å². The number of nitrogens with one attached hydrogen (secondary N) is 1. The van der Waals surface area contributed by atoms with E-state index < -0.39 is 10.0 Å². The topological polar surface area (TPSA) is 88.4 Å². The van der Waals surface area contributed by atoms with Crippen LogP contribution < -0.4 is 5.73 Å². The van der Waals surface area contributed by atoms with Crippen molar-refractivity contribution in [1.29, 1.82) is 0 Å². The average molecular weight is 273 g/mol. The lowest BCUT2D eigenvalue weighted by Gasteiger charge is -2.19. The molecule has 0 saturated heterocycles. The molecule has 18 heavy (non-hydrogen) atoms. The molecular weight excluding hydrogens is 254 g/mol. The number of rotatable bonds is 8. The van der Waals surface area contributed by atoms with Crippen LogP contribution in [0, 0.1) is 0 Å². The molecule has 3 N–H and O–H groups in total. The lowest BCUT2D eigenvalue weighted by atomic mass is 10.4. The Labute approximate surface area is 107 Å². The summed E-state index contributed by atoms with van der Waals surface area (Å²) in [5.74, 6) is 0. The molecule has 0 spiro atoms. The molecule has 102 valence electrons. The first-order valence-electron chi connectivity index (χ1n) is 5.53. The fraction of sp³-hybridized carbons (Fsp3) is 0.455. The standard InChI is InChI=1S/C11H19N3O3S/c1-3-4-14(5-6-17-2)18(15,16)11-7-10(8-12)13-9-11/h3,7,9,13H,1,4-6,8,12H2,2H3. The molecule has 0 amide bonds. The number of hydrogen-bond acceptors (Lipinski definition) is 4. The second-order valence-electron chi connectivity index (χ2n) is 3.71. The lowest BCUT2D eigenvalue weighted by Crippen LogP contribution is -2.33. The van der Waals surface area contributed by atoms with E-state index in [0.29, 0.717) is 12.3 Å². The van der Waals surface area contributed by atoms with Crippen LogP contribution >= 0.6 is 0 Å². The molecule has 0 atom stereocenters. The van der Waals surface area contributed by atoms with E-state index in [1.807, 2.05) is 0 Å². The summed E-state index contributed by atoms with van der Waals surface area (Å²) in [5.41, 5.74) is 6.13. The molecule has 7 heteroatoms. The summed E-state index contributed by atoms with van der Waals surface area (Å²) in [6.45, 7) is 4.70. The first-order chi connectivity index (χ1) is 8.56. The summed E-state index contributed by atoms with van der Waals surface area (Å²) >= 11 is 0. The minimum Gasteiger partial charge on any atom is -0.383 e. The Bertz CT molecular complexity index is 481. The van der Waals surface area contributed by atoms with E-state index in [4.69, 9.17) is 10.5 Å². The van der Waals surface area contributed by atoms with Crippen LogP contribution in [0.25, 0.3) is 0 Å². The number of hydrogen-bond donors (Lipinski definition) is 2. The molecule has 0 fully saturated rings. The monoisotopic (exact) mass is 273 g/mol. The van der Waals surface area contributed by atoms with E-state index in [1.54, 1.807) is 6.08 Å². The molecule has 0 saturated carbocycles. The zero-order chi connectivity index (χ0) is 13.6. The molecule has 1 rings (SSSR count). The van der Waals surface area contributed by atoms with Gasteiger partial charge in [-0.25, -0.2) is 8.42 Å². The highest BCUT2D eigenvalue weighted by atomic mass is 32.2. The summed E-state index contributed by atoms with van der Waals surface area (Å²) in [4.78, 5) is 3.04. The molecule has 0 radical (unpaired) electrons. The van der Waals surface area contributed by atoms with Crippen molar-refractivity contribution in [2.24, 2.45) is 5.73 Å². The Kier molecular flexibility index (Phi) is 5.54. The summed E-state index contributed by atoms with van der Waals surface area (Å²) in [6, 6.07) is 1.54. The SMILES string of the molecule is C=CCN(CCOC)S(=O)(=O)c1c[nH]c(CN)c1. The fourth-order valence-corrected chi connectivity index (χ4v) is 2.90. The molecule has 1 aromatic heterocycles. The highest BCUT2D eigenvalue weighted by molar-refractivity contribution is 7.89. The Balaban J connectivity index is 2.96. The molecule has 0 aliphatic carbocycles. The van der Waals surface area contributed by atoms with E-state index >= 15 is 0 Å². The molecule has 6 nitrogen and oxygen atoms in total. The van der Waals surface area contributed by atoms with Crippen molar-refractivity contribution < 1.29 is 13.2 Å². The highest BCUT2D eigenvalue weighted by Crippen LogP contribution is 2.16. The third-order valence-electron chi connectivity index (χ3n) is 2.45. The van der Waals surface area contributed by atoms with E-state index in [1.165, 1.54) is 23.7 Å². The van der Waals surface area contributed by atoms with Crippen LogP contribution in [-0.2, 0) is 21.3 Å². The van der Waals surface area contributed by atoms with Crippen molar-refractivity contribution in [3.8, 4) is 0 Å². The van der Waals surface area contributed by atoms with Gasteiger partial charge in [-0.15, -0.1) is 6.58 Å². The van der Waals surface area contributed by atoms with Crippen LogP contribution in [0.1, 0.15) is 5.69 Å². The lowest BCUT2D eigenvalue weighted by molar-refractivity contribution is 0.182. The zero-order valence-electron chi connectivity index (χ0n) is 10.4. The summed E-state index contributed by atoms with van der Waals surface area (Å²) in [7, 11) is -2.00. The van der Waals surface area contributed by atoms with Crippen molar-refractivity contribution >= 4 is 10.0 Å². The van der Waals surface area contributed by atoms with Gasteiger partial charge in [-0.05, 0) is 6.07 Å². The van der Waals surface area contributed by atoms with Crippen molar-refractivity contribution in [2.45, 2.75) is 11.4 Å². The van der Waals surface area contributed by atoms with Gasteiger partial charge in [0.25, 0.3) is 0 Å². The Morgan fingerprint density at radius 2 is 2.33 bits per heavy atom. The number of nitrogens with two attached hydrogens (primary N) is 1. The maximum Gasteiger partial charge on any atom is 0.244 e. The molecule has 1 aromatic rings. The number of aromatic amines is 1. The van der Waals surface area contributed by atoms with Gasteiger partial charge >= 0.3 is 0 Å². The van der Waals surface area contributed by atoms with Crippen LogP contribution in [0.15, 0.2) is 29.8 Å². The van der Waals surface area contributed by atoms with Gasteiger partial charge in [0.2, 0.25) is 10.0 Å². The molecule has 0 aromatic carbocycles. The Morgan fingerprint density at radius 1 is 1.61 bits per heavy atom. The summed E-state index contributed by atoms with van der Waals surface area (Å²) in [5, 5.41) is 0. The van der Waals surface area contributed by atoms with E-state index in [9.17, 15) is 8.42 Å². The van der Waals surface area contributed by atoms with Crippen LogP contribution in [-0.4, -0.2) is 44.5 Å². The van der Waals surface area contributed by atoms with Gasteiger partial charge in [0.05, 0.1) is 11.5 Å². The second-order valence-corrected chi connectivity index (χ2v) is 5.65. The minimum absolute atomic E-state index is 0.209. The molecule has 1 heterocycles. The fourth-order valence-electron chi connectivity index (χ4n) is 1.48. The maximum atomic E-state index is 12.3. The molecule has 0 aliphatic heterocycles. The summed E-state index contributed by atoms with van der Waals surface area (Å²) < 4.78 is 30.9. The molecule has 0 bridgehead atoms. The molecule has 0 aliphatic rings. The Morgan fingerprint density at radius 3 is 2.83 bits per heavy atom.